The number of nitrogens with zero attached hydrogens (tertiary/aromatic N) is 1. The molecule has 1 aromatic rings. The van der Waals surface area contributed by atoms with E-state index in [2.05, 4.69) is 5.32 Å². The van der Waals surface area contributed by atoms with Crippen molar-refractivity contribution in [2.45, 2.75) is 19.9 Å². The highest BCUT2D eigenvalue weighted by Crippen LogP contribution is 2.19. The number of benzene rings is 1. The lowest BCUT2D eigenvalue weighted by Crippen LogP contribution is -2.37. The van der Waals surface area contributed by atoms with Gasteiger partial charge in [0.25, 0.3) is 0 Å². The molecule has 0 aromatic heterocycles. The van der Waals surface area contributed by atoms with Gasteiger partial charge in [-0.2, -0.15) is 0 Å². The molecule has 0 aliphatic heterocycles. The molecule has 1 N–H and O–H groups in total. The predicted octanol–water partition coefficient (Wildman–Crippen LogP) is 2.76. The molecule has 0 atom stereocenters. The van der Waals surface area contributed by atoms with Crippen LogP contribution in [0.2, 0.25) is 5.02 Å². The molecule has 3 nitrogen and oxygen atoms in total. The first-order valence-electron chi connectivity index (χ1n) is 5.36. The first-order chi connectivity index (χ1) is 7.91. The van der Waals surface area contributed by atoms with Crippen LogP contribution in [-0.4, -0.2) is 30.4 Å². The summed E-state index contributed by atoms with van der Waals surface area (Å²) in [6.45, 7) is 4.04. The van der Waals surface area contributed by atoms with E-state index in [0.29, 0.717) is 5.69 Å². The molecule has 94 valence electrons. The van der Waals surface area contributed by atoms with Gasteiger partial charge in [-0.05, 0) is 32.0 Å². The van der Waals surface area contributed by atoms with Crippen LogP contribution in [0.5, 0.6) is 0 Å². The van der Waals surface area contributed by atoms with Crippen LogP contribution in [0.15, 0.2) is 18.2 Å². The highest BCUT2D eigenvalue weighted by molar-refractivity contribution is 6.31. The van der Waals surface area contributed by atoms with Crippen molar-refractivity contribution in [3.8, 4) is 0 Å². The minimum atomic E-state index is -0.470. The van der Waals surface area contributed by atoms with Crippen molar-refractivity contribution >= 4 is 23.2 Å². The number of likely N-dealkylation sites (N-methyl/N-ethyl adjacent to an activating group) is 1. The van der Waals surface area contributed by atoms with Crippen LogP contribution in [0, 0.1) is 5.82 Å². The summed E-state index contributed by atoms with van der Waals surface area (Å²) < 4.78 is 12.9. The molecular weight excluding hydrogens is 243 g/mol. The van der Waals surface area contributed by atoms with E-state index in [-0.39, 0.29) is 23.5 Å². The Morgan fingerprint density at radius 1 is 1.53 bits per heavy atom. The van der Waals surface area contributed by atoms with Gasteiger partial charge in [-0.25, -0.2) is 4.39 Å². The number of halogens is 2. The number of nitrogens with one attached hydrogen (secondary N) is 1. The zero-order valence-electron chi connectivity index (χ0n) is 10.1. The normalized spacial score (nSPS) is 10.5. The van der Waals surface area contributed by atoms with Crippen LogP contribution in [0.3, 0.4) is 0 Å². The summed E-state index contributed by atoms with van der Waals surface area (Å²) in [5.74, 6) is -0.497. The molecule has 0 aliphatic rings. The summed E-state index contributed by atoms with van der Waals surface area (Å²) in [7, 11) is 1.74. The zero-order chi connectivity index (χ0) is 13.0. The van der Waals surface area contributed by atoms with Gasteiger partial charge in [0, 0.05) is 18.8 Å². The second-order valence-electron chi connectivity index (χ2n) is 4.08. The molecule has 0 bridgehead atoms. The summed E-state index contributed by atoms with van der Waals surface area (Å²) in [5, 5.41) is 2.95. The molecule has 0 radical (unpaired) electrons. The Balaban J connectivity index is 2.56. The molecule has 0 unspecified atom stereocenters. The number of carbonyl (C=O) groups is 1. The Bertz CT molecular complexity index is 409. The van der Waals surface area contributed by atoms with Crippen LogP contribution in [-0.2, 0) is 4.79 Å². The summed E-state index contributed by atoms with van der Waals surface area (Å²) >= 11 is 5.63. The van der Waals surface area contributed by atoms with Crippen LogP contribution in [0.1, 0.15) is 13.8 Å². The molecule has 0 fully saturated rings. The molecule has 17 heavy (non-hydrogen) atoms. The average Bonchev–Trinajstić information content (AvgIpc) is 2.29. The van der Waals surface area contributed by atoms with Crippen molar-refractivity contribution in [1.29, 1.82) is 0 Å². The van der Waals surface area contributed by atoms with E-state index in [0.717, 1.165) is 0 Å². The van der Waals surface area contributed by atoms with Gasteiger partial charge in [0.2, 0.25) is 5.91 Å². The van der Waals surface area contributed by atoms with Crippen molar-refractivity contribution in [2.24, 2.45) is 0 Å². The maximum Gasteiger partial charge on any atom is 0.241 e. The van der Waals surface area contributed by atoms with Gasteiger partial charge in [0.15, 0.2) is 0 Å². The van der Waals surface area contributed by atoms with Crippen LogP contribution in [0.25, 0.3) is 0 Å². The minimum Gasteiger partial charge on any atom is -0.376 e. The first kappa shape index (κ1) is 13.8. The lowest BCUT2D eigenvalue weighted by Gasteiger charge is -2.21. The van der Waals surface area contributed by atoms with Gasteiger partial charge in [-0.3, -0.25) is 4.79 Å². The highest BCUT2D eigenvalue weighted by atomic mass is 35.5. The molecule has 1 rings (SSSR count). The highest BCUT2D eigenvalue weighted by Gasteiger charge is 2.11. The number of hydrogen-bond acceptors (Lipinski definition) is 2. The maximum atomic E-state index is 12.9. The van der Waals surface area contributed by atoms with Gasteiger partial charge in [0.1, 0.15) is 5.82 Å². The zero-order valence-corrected chi connectivity index (χ0v) is 10.9. The van der Waals surface area contributed by atoms with E-state index >= 15 is 0 Å². The summed E-state index contributed by atoms with van der Waals surface area (Å²) in [4.78, 5) is 13.3. The minimum absolute atomic E-state index is 0.0274. The van der Waals surface area contributed by atoms with E-state index in [9.17, 15) is 9.18 Å². The van der Waals surface area contributed by atoms with Gasteiger partial charge < -0.3 is 10.2 Å². The predicted molar refractivity (Wildman–Crippen MR) is 67.8 cm³/mol. The molecule has 1 aromatic carbocycles. The Kier molecular flexibility index (Phi) is 4.75. The summed E-state index contributed by atoms with van der Waals surface area (Å²) in [5.41, 5.74) is 0.627. The Morgan fingerprint density at radius 2 is 2.18 bits per heavy atom. The lowest BCUT2D eigenvalue weighted by molar-refractivity contribution is -0.129. The molecule has 0 heterocycles. The second-order valence-corrected chi connectivity index (χ2v) is 4.49. The van der Waals surface area contributed by atoms with Crippen molar-refractivity contribution in [1.82, 2.24) is 4.90 Å². The van der Waals surface area contributed by atoms with Crippen LogP contribution in [0.4, 0.5) is 10.1 Å². The van der Waals surface area contributed by atoms with Gasteiger partial charge in [-0.1, -0.05) is 11.6 Å². The third-order valence-corrected chi connectivity index (χ3v) is 2.82. The Labute approximate surface area is 106 Å². The Morgan fingerprint density at radius 3 is 2.71 bits per heavy atom. The average molecular weight is 259 g/mol. The lowest BCUT2D eigenvalue weighted by atomic mass is 10.3. The fourth-order valence-corrected chi connectivity index (χ4v) is 1.38. The van der Waals surface area contributed by atoms with Crippen molar-refractivity contribution in [3.63, 3.8) is 0 Å². The molecular formula is C12H16ClFN2O. The van der Waals surface area contributed by atoms with Crippen LogP contribution >= 0.6 is 11.6 Å². The third kappa shape index (κ3) is 3.89. The fourth-order valence-electron chi connectivity index (χ4n) is 1.20. The maximum absolute atomic E-state index is 12.9. The number of anilines is 1. The summed E-state index contributed by atoms with van der Waals surface area (Å²) in [6, 6.07) is 4.42. The second kappa shape index (κ2) is 5.87. The number of hydrogen-bond donors (Lipinski definition) is 1. The summed E-state index contributed by atoms with van der Waals surface area (Å²) in [6.07, 6.45) is 0. The standard InChI is InChI=1S/C12H16ClFN2O/c1-8(2)16(3)12(17)7-15-9-4-5-11(14)10(13)6-9/h4-6,8,15H,7H2,1-3H3. The number of amides is 1. The third-order valence-electron chi connectivity index (χ3n) is 2.53. The molecule has 0 spiro atoms. The number of rotatable bonds is 4. The Hall–Kier alpha value is -1.29. The van der Waals surface area contributed by atoms with E-state index < -0.39 is 5.82 Å². The monoisotopic (exact) mass is 258 g/mol. The van der Waals surface area contributed by atoms with Crippen molar-refractivity contribution < 1.29 is 9.18 Å². The fraction of sp³-hybridized carbons (Fsp3) is 0.417. The molecule has 1 amide bonds. The first-order valence-corrected chi connectivity index (χ1v) is 5.74. The SMILES string of the molecule is CC(C)N(C)C(=O)CNc1ccc(F)c(Cl)c1. The van der Waals surface area contributed by atoms with E-state index in [1.165, 1.54) is 12.1 Å². The van der Waals surface area contributed by atoms with E-state index in [1.54, 1.807) is 18.0 Å². The largest absolute Gasteiger partial charge is 0.376 e. The van der Waals surface area contributed by atoms with Crippen LogP contribution < -0.4 is 5.32 Å². The number of carbonyl (C=O) groups excluding carboxylic acids is 1. The molecule has 5 heteroatoms. The quantitative estimate of drug-likeness (QED) is 0.901. The van der Waals surface area contributed by atoms with E-state index in [4.69, 9.17) is 11.6 Å². The topological polar surface area (TPSA) is 32.3 Å². The van der Waals surface area contributed by atoms with Gasteiger partial charge in [-0.15, -0.1) is 0 Å². The van der Waals surface area contributed by atoms with Crippen molar-refractivity contribution in [3.05, 3.63) is 29.0 Å². The van der Waals surface area contributed by atoms with Gasteiger partial charge in [0.05, 0.1) is 11.6 Å². The smallest absolute Gasteiger partial charge is 0.241 e. The van der Waals surface area contributed by atoms with Crippen molar-refractivity contribution in [2.75, 3.05) is 18.9 Å². The molecule has 0 saturated heterocycles. The van der Waals surface area contributed by atoms with Gasteiger partial charge >= 0.3 is 0 Å². The van der Waals surface area contributed by atoms with E-state index in [1.807, 2.05) is 13.8 Å². The molecule has 0 saturated carbocycles. The molecule has 0 aliphatic carbocycles.